The van der Waals surface area contributed by atoms with Gasteiger partial charge in [0.05, 0.1) is 16.2 Å². The van der Waals surface area contributed by atoms with Gasteiger partial charge in [-0.15, -0.1) is 0 Å². The molecule has 0 aliphatic heterocycles. The highest BCUT2D eigenvalue weighted by Crippen LogP contribution is 2.46. The molecule has 0 spiro atoms. The Balaban J connectivity index is 1.96. The van der Waals surface area contributed by atoms with Gasteiger partial charge < -0.3 is 20.9 Å². The topological polar surface area (TPSA) is 227 Å². The molecule has 0 saturated heterocycles. The fraction of sp³-hybridized carbons (Fsp3) is 0.211. The minimum absolute atomic E-state index is 0.261. The molecular weight excluding hydrogens is 496 g/mol. The smallest absolute Gasteiger partial charge is 0.407 e. The van der Waals surface area contributed by atoms with Gasteiger partial charge in [0.1, 0.15) is 12.6 Å². The number of nitrogens with one attached hydrogen (secondary N) is 1. The number of carboxylic acid groups (broad SMARTS) is 1. The molecule has 0 unspecified atom stereocenters. The van der Waals surface area contributed by atoms with Crippen LogP contribution in [-0.2, 0) is 34.6 Å². The van der Waals surface area contributed by atoms with E-state index in [-0.39, 0.29) is 11.1 Å². The van der Waals surface area contributed by atoms with Crippen molar-refractivity contribution >= 4 is 38.2 Å². The number of carboxylic acids is 1. The molecule has 1 aliphatic rings. The molecule has 0 heterocycles. The third kappa shape index (κ3) is 5.33. The van der Waals surface area contributed by atoms with Crippen LogP contribution in [0.3, 0.4) is 0 Å². The number of fused-ring (bicyclic) bond motifs is 3. The molecule has 13 nitrogen and oxygen atoms in total. The van der Waals surface area contributed by atoms with Crippen LogP contribution in [0.25, 0.3) is 11.1 Å². The van der Waals surface area contributed by atoms with Gasteiger partial charge in [0.2, 0.25) is 5.91 Å². The Bertz CT molecular complexity index is 1320. The SMILES string of the molecule is NC(=O)C[C@H](NC(=O)OCC1c2cc(S(=O)(=O)O)ccc2-c2ccc(S(=O)(=O)O)cc21)C(=O)O. The molecule has 182 valence electrons. The first kappa shape index (κ1) is 25.1. The van der Waals surface area contributed by atoms with Crippen molar-refractivity contribution in [2.45, 2.75) is 28.2 Å². The summed E-state index contributed by atoms with van der Waals surface area (Å²) in [6.07, 6.45) is -1.94. The fourth-order valence-corrected chi connectivity index (χ4v) is 4.59. The second kappa shape index (κ2) is 9.02. The summed E-state index contributed by atoms with van der Waals surface area (Å²) in [7, 11) is -9.20. The minimum Gasteiger partial charge on any atom is -0.480 e. The maximum absolute atomic E-state index is 12.2. The number of ether oxygens (including phenoxy) is 1. The number of benzene rings is 2. The summed E-state index contributed by atoms with van der Waals surface area (Å²) >= 11 is 0. The summed E-state index contributed by atoms with van der Waals surface area (Å²) in [5.41, 5.74) is 6.38. The van der Waals surface area contributed by atoms with Crippen LogP contribution in [0.2, 0.25) is 0 Å². The van der Waals surface area contributed by atoms with Crippen molar-refractivity contribution in [2.24, 2.45) is 5.73 Å². The zero-order chi connectivity index (χ0) is 25.4. The molecule has 0 saturated carbocycles. The van der Waals surface area contributed by atoms with E-state index in [0.29, 0.717) is 11.1 Å². The molecule has 6 N–H and O–H groups in total. The summed E-state index contributed by atoms with van der Waals surface area (Å²) in [6, 6.07) is 5.59. The third-order valence-corrected chi connectivity index (χ3v) is 6.76. The van der Waals surface area contributed by atoms with Crippen LogP contribution in [0.1, 0.15) is 23.5 Å². The molecule has 0 radical (unpaired) electrons. The molecule has 1 atom stereocenters. The fourth-order valence-electron chi connectivity index (χ4n) is 3.56. The number of hydrogen-bond donors (Lipinski definition) is 5. The van der Waals surface area contributed by atoms with Gasteiger partial charge in [-0.2, -0.15) is 16.8 Å². The van der Waals surface area contributed by atoms with Gasteiger partial charge in [0.25, 0.3) is 20.2 Å². The van der Waals surface area contributed by atoms with Crippen molar-refractivity contribution in [3.8, 4) is 11.1 Å². The standard InChI is InChI=1S/C19H18N2O11S2/c20-17(22)7-16(18(23)24)21-19(25)32-8-15-13-5-9(33(26,27)28)1-3-11(13)12-4-2-10(6-14(12)15)34(29,30)31/h1-6,15-16H,7-8H2,(H2,20,22)(H,21,25)(H,23,24)(H,26,27,28)(H,29,30,31)/t16-/m0/s1. The molecule has 0 fully saturated rings. The molecule has 3 rings (SSSR count). The summed E-state index contributed by atoms with van der Waals surface area (Å²) < 4.78 is 70.2. The second-order valence-corrected chi connectivity index (χ2v) is 10.1. The van der Waals surface area contributed by atoms with E-state index in [0.717, 1.165) is 24.3 Å². The van der Waals surface area contributed by atoms with Crippen LogP contribution in [0.4, 0.5) is 4.79 Å². The number of alkyl carbamates (subject to hydrolysis) is 1. The first-order valence-electron chi connectivity index (χ1n) is 9.36. The Morgan fingerprint density at radius 3 is 1.79 bits per heavy atom. The van der Waals surface area contributed by atoms with E-state index in [1.54, 1.807) is 0 Å². The average molecular weight is 514 g/mol. The summed E-state index contributed by atoms with van der Waals surface area (Å²) in [5, 5.41) is 11.0. The number of aliphatic carboxylic acids is 1. The molecule has 2 aromatic rings. The van der Waals surface area contributed by atoms with Gasteiger partial charge in [-0.3, -0.25) is 13.9 Å². The minimum atomic E-state index is -4.60. The first-order chi connectivity index (χ1) is 15.7. The van der Waals surface area contributed by atoms with E-state index in [2.05, 4.69) is 0 Å². The summed E-state index contributed by atoms with van der Waals surface area (Å²) in [4.78, 5) is 33.4. The lowest BCUT2D eigenvalue weighted by Gasteiger charge is -2.17. The molecule has 15 heteroatoms. The second-order valence-electron chi connectivity index (χ2n) is 7.30. The third-order valence-electron chi connectivity index (χ3n) is 5.06. The highest BCUT2D eigenvalue weighted by Gasteiger charge is 2.33. The van der Waals surface area contributed by atoms with E-state index in [1.807, 2.05) is 5.32 Å². The lowest BCUT2D eigenvalue weighted by molar-refractivity contribution is -0.141. The quantitative estimate of drug-likeness (QED) is 0.302. The van der Waals surface area contributed by atoms with Gasteiger partial charge in [0, 0.05) is 5.92 Å². The highest BCUT2D eigenvalue weighted by molar-refractivity contribution is 7.86. The highest BCUT2D eigenvalue weighted by atomic mass is 32.2. The van der Waals surface area contributed by atoms with E-state index >= 15 is 0 Å². The van der Waals surface area contributed by atoms with Crippen LogP contribution < -0.4 is 11.1 Å². The number of nitrogens with two attached hydrogens (primary N) is 1. The lowest BCUT2D eigenvalue weighted by atomic mass is 9.98. The predicted molar refractivity (Wildman–Crippen MR) is 113 cm³/mol. The zero-order valence-electron chi connectivity index (χ0n) is 17.0. The number of amides is 2. The van der Waals surface area contributed by atoms with Gasteiger partial charge in [0.15, 0.2) is 0 Å². The van der Waals surface area contributed by atoms with Crippen LogP contribution in [0, 0.1) is 0 Å². The number of rotatable bonds is 8. The van der Waals surface area contributed by atoms with Crippen molar-refractivity contribution < 1.29 is 50.2 Å². The molecule has 34 heavy (non-hydrogen) atoms. The van der Waals surface area contributed by atoms with Gasteiger partial charge in [-0.05, 0) is 46.5 Å². The Kier molecular flexibility index (Phi) is 6.66. The van der Waals surface area contributed by atoms with Crippen molar-refractivity contribution in [1.29, 1.82) is 0 Å². The van der Waals surface area contributed by atoms with E-state index < -0.39 is 73.0 Å². The van der Waals surface area contributed by atoms with Crippen LogP contribution >= 0.6 is 0 Å². The maximum Gasteiger partial charge on any atom is 0.407 e. The van der Waals surface area contributed by atoms with Crippen LogP contribution in [0.5, 0.6) is 0 Å². The largest absolute Gasteiger partial charge is 0.480 e. The first-order valence-corrected chi connectivity index (χ1v) is 12.2. The Morgan fingerprint density at radius 2 is 1.41 bits per heavy atom. The van der Waals surface area contributed by atoms with Crippen LogP contribution in [-0.4, -0.2) is 61.7 Å². The van der Waals surface area contributed by atoms with Crippen molar-refractivity contribution in [3.05, 3.63) is 47.5 Å². The van der Waals surface area contributed by atoms with Crippen LogP contribution in [0.15, 0.2) is 46.2 Å². The Morgan fingerprint density at radius 1 is 0.941 bits per heavy atom. The number of carbonyl (C=O) groups excluding carboxylic acids is 2. The monoisotopic (exact) mass is 514 g/mol. The molecule has 0 aromatic heterocycles. The van der Waals surface area contributed by atoms with E-state index in [9.17, 15) is 40.3 Å². The molecule has 1 aliphatic carbocycles. The van der Waals surface area contributed by atoms with E-state index in [4.69, 9.17) is 15.6 Å². The number of primary amides is 1. The Hall–Kier alpha value is -3.53. The summed E-state index contributed by atoms with van der Waals surface area (Å²) in [6.45, 7) is -0.515. The lowest BCUT2D eigenvalue weighted by Crippen LogP contribution is -2.43. The normalized spacial score (nSPS) is 14.1. The predicted octanol–water partition coefficient (Wildman–Crippen LogP) is 0.347. The van der Waals surface area contributed by atoms with E-state index in [1.165, 1.54) is 12.1 Å². The molecule has 2 amide bonds. The Labute approximate surface area is 193 Å². The average Bonchev–Trinajstić information content (AvgIpc) is 3.02. The number of carbonyl (C=O) groups is 3. The molecular formula is C19H18N2O11S2. The molecule has 2 aromatic carbocycles. The van der Waals surface area contributed by atoms with Gasteiger partial charge in [-0.25, -0.2) is 9.59 Å². The maximum atomic E-state index is 12.2. The summed E-state index contributed by atoms with van der Waals surface area (Å²) in [5.74, 6) is -3.47. The van der Waals surface area contributed by atoms with Crippen molar-refractivity contribution in [2.75, 3.05) is 6.61 Å². The van der Waals surface area contributed by atoms with Crippen molar-refractivity contribution in [1.82, 2.24) is 5.32 Å². The zero-order valence-corrected chi connectivity index (χ0v) is 18.7. The molecule has 0 bridgehead atoms. The van der Waals surface area contributed by atoms with Gasteiger partial charge in [-0.1, -0.05) is 12.1 Å². The number of hydrogen-bond acceptors (Lipinski definition) is 8. The van der Waals surface area contributed by atoms with Crippen molar-refractivity contribution in [3.63, 3.8) is 0 Å². The van der Waals surface area contributed by atoms with Gasteiger partial charge >= 0.3 is 12.1 Å².